The Hall–Kier alpha value is -3.54. The smallest absolute Gasteiger partial charge is 0.259 e. The van der Waals surface area contributed by atoms with Crippen molar-refractivity contribution in [2.75, 3.05) is 59.7 Å². The van der Waals surface area contributed by atoms with Crippen LogP contribution in [0, 0.1) is 0 Å². The summed E-state index contributed by atoms with van der Waals surface area (Å²) in [6.07, 6.45) is 3.92. The number of aromatic nitrogens is 1. The van der Waals surface area contributed by atoms with Gasteiger partial charge in [0, 0.05) is 44.1 Å². The molecular formula is C25H32N6O5. The molecule has 3 aliphatic heterocycles. The topological polar surface area (TPSA) is 121 Å². The molecule has 1 aromatic rings. The van der Waals surface area contributed by atoms with E-state index in [1.165, 1.54) is 19.4 Å². The first kappa shape index (κ1) is 25.5. The van der Waals surface area contributed by atoms with Crippen molar-refractivity contribution >= 4 is 17.7 Å². The Morgan fingerprint density at radius 2 is 2.17 bits per heavy atom. The van der Waals surface area contributed by atoms with E-state index in [9.17, 15) is 9.90 Å². The first-order valence-electron chi connectivity index (χ1n) is 11.9. The maximum absolute atomic E-state index is 12.8. The van der Waals surface area contributed by atoms with Crippen LogP contribution in [0.15, 0.2) is 70.0 Å². The molecule has 11 nitrogen and oxygen atoms in total. The molecule has 1 atom stereocenters. The molecule has 192 valence electrons. The van der Waals surface area contributed by atoms with Crippen LogP contribution in [0.25, 0.3) is 0 Å². The van der Waals surface area contributed by atoms with E-state index in [2.05, 4.69) is 26.8 Å². The highest BCUT2D eigenvalue weighted by molar-refractivity contribution is 6.16. The van der Waals surface area contributed by atoms with E-state index in [1.54, 1.807) is 18.3 Å². The molecule has 36 heavy (non-hydrogen) atoms. The first-order chi connectivity index (χ1) is 17.5. The van der Waals surface area contributed by atoms with E-state index >= 15 is 0 Å². The Morgan fingerprint density at radius 1 is 1.36 bits per heavy atom. The number of nitrogens with zero attached hydrogens (tertiary/aromatic N) is 5. The molecule has 1 aromatic heterocycles. The van der Waals surface area contributed by atoms with Crippen molar-refractivity contribution in [2.24, 2.45) is 9.98 Å². The number of aliphatic hydroxyl groups excluding tert-OH is 1. The van der Waals surface area contributed by atoms with Crippen LogP contribution < -0.4 is 5.32 Å². The van der Waals surface area contributed by atoms with E-state index in [0.29, 0.717) is 67.4 Å². The summed E-state index contributed by atoms with van der Waals surface area (Å²) in [5, 5.41) is 13.4. The van der Waals surface area contributed by atoms with Crippen molar-refractivity contribution in [3.8, 4) is 0 Å². The second-order valence-electron chi connectivity index (χ2n) is 8.44. The number of β-amino-alcohol motifs (C(OH)–C–C–N with tert-alkyl or cyclic N) is 1. The van der Waals surface area contributed by atoms with Gasteiger partial charge in [0.25, 0.3) is 5.91 Å². The fourth-order valence-electron chi connectivity index (χ4n) is 4.17. The van der Waals surface area contributed by atoms with Crippen LogP contribution in [0.2, 0.25) is 0 Å². The summed E-state index contributed by atoms with van der Waals surface area (Å²) in [6.45, 7) is 10.3. The van der Waals surface area contributed by atoms with Crippen LogP contribution in [0.1, 0.15) is 17.3 Å². The zero-order valence-electron chi connectivity index (χ0n) is 20.6. The number of amides is 1. The number of carbonyl (C=O) groups is 1. The number of guanidine groups is 1. The van der Waals surface area contributed by atoms with Gasteiger partial charge >= 0.3 is 0 Å². The molecule has 0 saturated carbocycles. The predicted octanol–water partition coefficient (Wildman–Crippen LogP) is 0.923. The van der Waals surface area contributed by atoms with E-state index in [1.807, 2.05) is 11.8 Å². The van der Waals surface area contributed by atoms with Gasteiger partial charge in [-0.25, -0.2) is 4.99 Å². The van der Waals surface area contributed by atoms with Gasteiger partial charge in [-0.15, -0.1) is 0 Å². The van der Waals surface area contributed by atoms with Gasteiger partial charge in [0.05, 0.1) is 32.4 Å². The lowest BCUT2D eigenvalue weighted by atomic mass is 10.1. The Balaban J connectivity index is 1.56. The highest BCUT2D eigenvalue weighted by atomic mass is 16.5. The Morgan fingerprint density at radius 3 is 2.86 bits per heavy atom. The van der Waals surface area contributed by atoms with Crippen molar-refractivity contribution in [1.29, 1.82) is 0 Å². The van der Waals surface area contributed by atoms with Gasteiger partial charge < -0.3 is 19.3 Å². The number of fused-ring (bicyclic) bond motifs is 1. The lowest BCUT2D eigenvalue weighted by Gasteiger charge is -2.29. The third-order valence-corrected chi connectivity index (χ3v) is 5.99. The normalized spacial score (nSPS) is 19.6. The minimum atomic E-state index is -0.704. The molecule has 0 radical (unpaired) electrons. The van der Waals surface area contributed by atoms with Gasteiger partial charge in [-0.3, -0.25) is 29.9 Å². The first-order valence-corrected chi connectivity index (χ1v) is 11.9. The molecule has 1 amide bonds. The third kappa shape index (κ3) is 5.81. The number of allylic oxidation sites excluding steroid dienone is 1. The maximum atomic E-state index is 12.8. The summed E-state index contributed by atoms with van der Waals surface area (Å²) < 4.78 is 17.0. The van der Waals surface area contributed by atoms with Crippen LogP contribution in [0.4, 0.5) is 0 Å². The number of carbonyl (C=O) groups excluding carboxylic acids is 1. The van der Waals surface area contributed by atoms with Crippen molar-refractivity contribution in [3.05, 3.63) is 65.5 Å². The molecule has 0 bridgehead atoms. The minimum Gasteiger partial charge on any atom is -0.491 e. The second-order valence-corrected chi connectivity index (χ2v) is 8.44. The zero-order valence-corrected chi connectivity index (χ0v) is 20.6. The van der Waals surface area contributed by atoms with E-state index in [-0.39, 0.29) is 12.5 Å². The Labute approximate surface area is 210 Å². The number of morpholine rings is 1. The summed E-state index contributed by atoms with van der Waals surface area (Å²) >= 11 is 0. The molecule has 11 heteroatoms. The number of aliphatic imine (C=N–C) groups is 2. The SMILES string of the molecule is C=C/C(OC[C@H](O)CN1CCOCC1)=C(/OC)C1=C(C)C2=NCCN2C(NC(=O)c2cccnc2)=N1. The van der Waals surface area contributed by atoms with Gasteiger partial charge in [-0.05, 0) is 25.1 Å². The van der Waals surface area contributed by atoms with Crippen molar-refractivity contribution in [1.82, 2.24) is 20.1 Å². The average Bonchev–Trinajstić information content (AvgIpc) is 3.40. The highest BCUT2D eigenvalue weighted by Gasteiger charge is 2.33. The molecular weight excluding hydrogens is 464 g/mol. The van der Waals surface area contributed by atoms with Crippen LogP contribution >= 0.6 is 0 Å². The largest absolute Gasteiger partial charge is 0.491 e. The quantitative estimate of drug-likeness (QED) is 0.383. The number of hydrogen-bond donors (Lipinski definition) is 2. The average molecular weight is 497 g/mol. The van der Waals surface area contributed by atoms with Crippen molar-refractivity contribution in [3.63, 3.8) is 0 Å². The molecule has 2 N–H and O–H groups in total. The predicted molar refractivity (Wildman–Crippen MR) is 134 cm³/mol. The number of nitrogens with one attached hydrogen (secondary N) is 1. The maximum Gasteiger partial charge on any atom is 0.259 e. The van der Waals surface area contributed by atoms with Gasteiger partial charge in [0.1, 0.15) is 24.2 Å². The fraction of sp³-hybridized carbons (Fsp3) is 0.440. The van der Waals surface area contributed by atoms with Crippen LogP contribution in [0.5, 0.6) is 0 Å². The van der Waals surface area contributed by atoms with Gasteiger partial charge in [-0.2, -0.15) is 0 Å². The number of amidine groups is 1. The van der Waals surface area contributed by atoms with Crippen LogP contribution in [-0.2, 0) is 14.2 Å². The summed E-state index contributed by atoms with van der Waals surface area (Å²) in [5.41, 5.74) is 1.66. The van der Waals surface area contributed by atoms with E-state index in [4.69, 9.17) is 19.2 Å². The summed E-state index contributed by atoms with van der Waals surface area (Å²) in [5.74, 6) is 1.38. The number of rotatable bonds is 9. The molecule has 0 unspecified atom stereocenters. The lowest BCUT2D eigenvalue weighted by molar-refractivity contribution is -0.00331. The molecule has 0 spiro atoms. The fourth-order valence-corrected chi connectivity index (χ4v) is 4.17. The number of aliphatic hydroxyl groups is 1. The minimum absolute atomic E-state index is 0.0548. The van der Waals surface area contributed by atoms with E-state index in [0.717, 1.165) is 18.7 Å². The Bertz CT molecular complexity index is 1090. The summed E-state index contributed by atoms with van der Waals surface area (Å²) in [7, 11) is 1.51. The molecule has 1 saturated heterocycles. The number of hydrogen-bond acceptors (Lipinski definition) is 10. The molecule has 0 aliphatic carbocycles. The van der Waals surface area contributed by atoms with Gasteiger partial charge in [0.15, 0.2) is 11.5 Å². The molecule has 3 aliphatic rings. The number of methoxy groups -OCH3 is 1. The lowest BCUT2D eigenvalue weighted by Crippen LogP contribution is -2.48. The highest BCUT2D eigenvalue weighted by Crippen LogP contribution is 2.29. The molecule has 4 rings (SSSR count). The monoisotopic (exact) mass is 496 g/mol. The van der Waals surface area contributed by atoms with Crippen molar-refractivity contribution < 1.29 is 24.1 Å². The number of ether oxygens (including phenoxy) is 3. The van der Waals surface area contributed by atoms with Gasteiger partial charge in [0.2, 0.25) is 5.96 Å². The summed E-state index contributed by atoms with van der Waals surface area (Å²) in [4.78, 5) is 30.1. The van der Waals surface area contributed by atoms with Crippen LogP contribution in [-0.4, -0.2) is 103 Å². The van der Waals surface area contributed by atoms with Crippen molar-refractivity contribution in [2.45, 2.75) is 13.0 Å². The summed E-state index contributed by atoms with van der Waals surface area (Å²) in [6, 6.07) is 3.38. The standard InChI is InChI=1S/C25H32N6O5/c1-4-20(36-16-19(32)15-30-10-12-35-13-11-30)22(34-3)21-17(2)23-27-8-9-31(23)25(28-21)29-24(33)18-6-5-7-26-14-18/h4-7,14,19,32H,1,8-13,15-16H2,2-3H3,(H,28,29,33)/b22-20-/t19-/m1/s1. The molecule has 4 heterocycles. The van der Waals surface area contributed by atoms with Gasteiger partial charge in [-0.1, -0.05) is 6.58 Å². The van der Waals surface area contributed by atoms with Crippen LogP contribution in [0.3, 0.4) is 0 Å². The zero-order chi connectivity index (χ0) is 25.5. The number of pyridine rings is 1. The third-order valence-electron chi connectivity index (χ3n) is 5.99. The second kappa shape index (κ2) is 11.9. The molecule has 0 aromatic carbocycles. The Kier molecular flexibility index (Phi) is 8.47. The molecule has 1 fully saturated rings. The van der Waals surface area contributed by atoms with E-state index < -0.39 is 6.10 Å².